The maximum Gasteiger partial charge on any atom is 0.331 e. The average Bonchev–Trinajstić information content (AvgIpc) is 2.30. The van der Waals surface area contributed by atoms with Crippen LogP contribution in [0, 0.1) is 5.82 Å². The summed E-state index contributed by atoms with van der Waals surface area (Å²) in [6.07, 6.45) is 0. The zero-order valence-corrected chi connectivity index (χ0v) is 11.0. The van der Waals surface area contributed by atoms with Gasteiger partial charge < -0.3 is 9.64 Å². The summed E-state index contributed by atoms with van der Waals surface area (Å²) >= 11 is 5.70. The highest BCUT2D eigenvalue weighted by Crippen LogP contribution is 2.27. The summed E-state index contributed by atoms with van der Waals surface area (Å²) < 4.78 is 17.8. The number of nitrogens with zero attached hydrogens (tertiary/aromatic N) is 1. The van der Waals surface area contributed by atoms with Crippen LogP contribution in [0.3, 0.4) is 0 Å². The van der Waals surface area contributed by atoms with Gasteiger partial charge in [0.25, 0.3) is 0 Å². The Morgan fingerprint density at radius 1 is 1.47 bits per heavy atom. The first-order chi connectivity index (χ1) is 7.80. The highest BCUT2D eigenvalue weighted by molar-refractivity contribution is 6.31. The topological polar surface area (TPSA) is 29.5 Å². The molecule has 0 saturated carbocycles. The Kier molecular flexibility index (Phi) is 3.98. The molecule has 0 spiro atoms. The quantitative estimate of drug-likeness (QED) is 0.782. The molecule has 1 aromatic rings. The molecule has 0 aliphatic rings. The van der Waals surface area contributed by atoms with E-state index in [0.29, 0.717) is 5.69 Å². The maximum absolute atomic E-state index is 13.0. The molecule has 94 valence electrons. The van der Waals surface area contributed by atoms with Crippen molar-refractivity contribution in [2.45, 2.75) is 19.4 Å². The minimum absolute atomic E-state index is 0.0232. The molecule has 0 unspecified atom stereocenters. The summed E-state index contributed by atoms with van der Waals surface area (Å²) in [5, 5.41) is 0.0232. The first kappa shape index (κ1) is 13.8. The van der Waals surface area contributed by atoms with Gasteiger partial charge >= 0.3 is 5.97 Å². The molecule has 5 heteroatoms. The second-order valence-electron chi connectivity index (χ2n) is 4.21. The van der Waals surface area contributed by atoms with Crippen LogP contribution in [0.15, 0.2) is 18.2 Å². The van der Waals surface area contributed by atoms with Crippen LogP contribution < -0.4 is 4.90 Å². The molecule has 0 saturated heterocycles. The van der Waals surface area contributed by atoms with Gasteiger partial charge in [-0.1, -0.05) is 11.6 Å². The molecule has 0 radical (unpaired) electrons. The molecule has 0 aliphatic heterocycles. The molecule has 0 amide bonds. The number of anilines is 1. The van der Waals surface area contributed by atoms with Gasteiger partial charge in [-0.25, -0.2) is 9.18 Å². The summed E-state index contributed by atoms with van der Waals surface area (Å²) in [6, 6.07) is 4.30. The van der Waals surface area contributed by atoms with E-state index in [1.165, 1.54) is 19.2 Å². The van der Waals surface area contributed by atoms with Crippen molar-refractivity contribution >= 4 is 23.3 Å². The zero-order valence-electron chi connectivity index (χ0n) is 10.3. The van der Waals surface area contributed by atoms with E-state index < -0.39 is 11.4 Å². The minimum atomic E-state index is -0.851. The highest BCUT2D eigenvalue weighted by atomic mass is 35.5. The summed E-state index contributed by atoms with van der Waals surface area (Å²) in [7, 11) is 3.05. The number of methoxy groups -OCH3 is 1. The van der Waals surface area contributed by atoms with Gasteiger partial charge in [-0.05, 0) is 32.0 Å². The van der Waals surface area contributed by atoms with E-state index in [1.807, 2.05) is 0 Å². The van der Waals surface area contributed by atoms with Gasteiger partial charge in [0.15, 0.2) is 0 Å². The molecule has 0 fully saturated rings. The molecule has 0 N–H and O–H groups in total. The van der Waals surface area contributed by atoms with Crippen molar-refractivity contribution in [3.05, 3.63) is 29.0 Å². The van der Waals surface area contributed by atoms with Crippen molar-refractivity contribution in [3.8, 4) is 0 Å². The molecule has 0 aliphatic carbocycles. The molecular weight excluding hydrogens is 245 g/mol. The van der Waals surface area contributed by atoms with E-state index in [2.05, 4.69) is 0 Å². The Morgan fingerprint density at radius 2 is 2.06 bits per heavy atom. The van der Waals surface area contributed by atoms with Crippen LogP contribution in [-0.2, 0) is 9.53 Å². The minimum Gasteiger partial charge on any atom is -0.467 e. The number of hydrogen-bond acceptors (Lipinski definition) is 3. The number of likely N-dealkylation sites (N-methyl/N-ethyl adjacent to an activating group) is 1. The second kappa shape index (κ2) is 4.92. The summed E-state index contributed by atoms with van der Waals surface area (Å²) in [6.45, 7) is 3.44. The van der Waals surface area contributed by atoms with E-state index in [0.717, 1.165) is 0 Å². The fourth-order valence-electron chi connectivity index (χ4n) is 1.40. The number of carbonyl (C=O) groups is 1. The lowest BCUT2D eigenvalue weighted by Gasteiger charge is -2.34. The van der Waals surface area contributed by atoms with Crippen LogP contribution in [0.2, 0.25) is 5.02 Å². The lowest BCUT2D eigenvalue weighted by molar-refractivity contribution is -0.145. The van der Waals surface area contributed by atoms with Crippen LogP contribution >= 0.6 is 11.6 Å². The normalized spacial score (nSPS) is 11.2. The number of halogens is 2. The standard InChI is InChI=1S/C12H15ClFNO2/c1-12(2,11(16)17-4)15(3)8-5-6-10(14)9(13)7-8/h5-7H,1-4H3. The van der Waals surface area contributed by atoms with E-state index in [4.69, 9.17) is 16.3 Å². The van der Waals surface area contributed by atoms with Crippen LogP contribution in [0.1, 0.15) is 13.8 Å². The fourth-order valence-corrected chi connectivity index (χ4v) is 1.58. The van der Waals surface area contributed by atoms with Crippen LogP contribution in [0.4, 0.5) is 10.1 Å². The lowest BCUT2D eigenvalue weighted by Crippen LogP contribution is -2.48. The van der Waals surface area contributed by atoms with Crippen molar-refractivity contribution in [2.75, 3.05) is 19.1 Å². The van der Waals surface area contributed by atoms with Crippen molar-refractivity contribution in [2.24, 2.45) is 0 Å². The molecule has 3 nitrogen and oxygen atoms in total. The third kappa shape index (κ3) is 2.69. The summed E-state index contributed by atoms with van der Waals surface area (Å²) in [5.74, 6) is -0.861. The first-order valence-corrected chi connectivity index (χ1v) is 5.45. The van der Waals surface area contributed by atoms with Gasteiger partial charge in [0.1, 0.15) is 11.4 Å². The predicted octanol–water partition coefficient (Wildman–Crippen LogP) is 2.87. The first-order valence-electron chi connectivity index (χ1n) is 5.08. The fraction of sp³-hybridized carbons (Fsp3) is 0.417. The van der Waals surface area contributed by atoms with Crippen molar-refractivity contribution in [1.29, 1.82) is 0 Å². The number of ether oxygens (including phenoxy) is 1. The van der Waals surface area contributed by atoms with Crippen LogP contribution in [-0.4, -0.2) is 25.7 Å². The summed E-state index contributed by atoms with van der Waals surface area (Å²) in [4.78, 5) is 13.3. The van der Waals surface area contributed by atoms with E-state index in [-0.39, 0.29) is 11.0 Å². The molecule has 1 rings (SSSR count). The van der Waals surface area contributed by atoms with Crippen molar-refractivity contribution in [1.82, 2.24) is 0 Å². The number of carbonyl (C=O) groups excluding carboxylic acids is 1. The molecule has 0 bridgehead atoms. The lowest BCUT2D eigenvalue weighted by atomic mass is 10.0. The van der Waals surface area contributed by atoms with Crippen LogP contribution in [0.5, 0.6) is 0 Å². The summed E-state index contributed by atoms with van der Waals surface area (Å²) in [5.41, 5.74) is -0.206. The van der Waals surface area contributed by atoms with E-state index >= 15 is 0 Å². The maximum atomic E-state index is 13.0. The van der Waals surface area contributed by atoms with Crippen LogP contribution in [0.25, 0.3) is 0 Å². The highest BCUT2D eigenvalue weighted by Gasteiger charge is 2.33. The Morgan fingerprint density at radius 3 is 2.53 bits per heavy atom. The van der Waals surface area contributed by atoms with Gasteiger partial charge in [-0.3, -0.25) is 0 Å². The number of esters is 1. The Labute approximate surface area is 105 Å². The van der Waals surface area contributed by atoms with E-state index in [9.17, 15) is 9.18 Å². The molecular formula is C12H15ClFNO2. The third-order valence-electron chi connectivity index (χ3n) is 2.81. The SMILES string of the molecule is COC(=O)C(C)(C)N(C)c1ccc(F)c(Cl)c1. The van der Waals surface area contributed by atoms with E-state index in [1.54, 1.807) is 31.9 Å². The van der Waals surface area contributed by atoms with Crippen molar-refractivity contribution < 1.29 is 13.9 Å². The molecule has 0 atom stereocenters. The molecule has 0 aromatic heterocycles. The predicted molar refractivity (Wildman–Crippen MR) is 65.9 cm³/mol. The third-order valence-corrected chi connectivity index (χ3v) is 3.10. The molecule has 0 heterocycles. The van der Waals surface area contributed by atoms with Gasteiger partial charge in [-0.15, -0.1) is 0 Å². The number of benzene rings is 1. The smallest absolute Gasteiger partial charge is 0.331 e. The zero-order chi connectivity index (χ0) is 13.2. The molecule has 1 aromatic carbocycles. The second-order valence-corrected chi connectivity index (χ2v) is 4.62. The molecule has 17 heavy (non-hydrogen) atoms. The van der Waals surface area contributed by atoms with Gasteiger partial charge in [0.2, 0.25) is 0 Å². The van der Waals surface area contributed by atoms with Gasteiger partial charge in [0, 0.05) is 12.7 Å². The number of hydrogen-bond donors (Lipinski definition) is 0. The monoisotopic (exact) mass is 259 g/mol. The van der Waals surface area contributed by atoms with Gasteiger partial charge in [-0.2, -0.15) is 0 Å². The Bertz CT molecular complexity index is 435. The average molecular weight is 260 g/mol. The largest absolute Gasteiger partial charge is 0.467 e. The Balaban J connectivity index is 3.07. The Hall–Kier alpha value is -1.29. The van der Waals surface area contributed by atoms with Gasteiger partial charge in [0.05, 0.1) is 12.1 Å². The number of rotatable bonds is 3. The van der Waals surface area contributed by atoms with Crippen molar-refractivity contribution in [3.63, 3.8) is 0 Å².